The summed E-state index contributed by atoms with van der Waals surface area (Å²) in [5, 5.41) is 2.52. The molecule has 1 aliphatic heterocycles. The molecule has 5 nitrogen and oxygen atoms in total. The van der Waals surface area contributed by atoms with Gasteiger partial charge < -0.3 is 15.8 Å². The van der Waals surface area contributed by atoms with E-state index in [0.29, 0.717) is 0 Å². The lowest BCUT2D eigenvalue weighted by atomic mass is 10.0. The minimum absolute atomic E-state index is 0.273. The van der Waals surface area contributed by atoms with Crippen LogP contribution in [0.15, 0.2) is 0 Å². The Morgan fingerprint density at radius 3 is 2.50 bits per heavy atom. The molecule has 0 spiro atoms. The molecule has 3 N–H and O–H groups in total. The molecule has 5 heteroatoms. The first kappa shape index (κ1) is 11.0. The van der Waals surface area contributed by atoms with E-state index >= 15 is 0 Å². The van der Waals surface area contributed by atoms with E-state index in [1.54, 1.807) is 20.8 Å². The van der Waals surface area contributed by atoms with Crippen molar-refractivity contribution >= 4 is 11.9 Å². The smallest absolute Gasteiger partial charge is 0.313 e. The highest BCUT2D eigenvalue weighted by molar-refractivity contribution is 5.91. The third-order valence-electron chi connectivity index (χ3n) is 1.94. The molecular weight excluding hydrogens is 184 g/mol. The molecule has 2 atom stereocenters. The van der Waals surface area contributed by atoms with Crippen LogP contribution in [0.2, 0.25) is 0 Å². The van der Waals surface area contributed by atoms with Gasteiger partial charge in [-0.15, -0.1) is 0 Å². The Hall–Kier alpha value is -1.10. The van der Waals surface area contributed by atoms with Gasteiger partial charge in [0.15, 0.2) is 0 Å². The standard InChI is InChI=1S/C9H16N2O3/c1-9(2,3)14-8(13)5-4-11-7(12)6(5)10/h5-6H,4,10H2,1-3H3,(H,11,12). The fraction of sp³-hybridized carbons (Fsp3) is 0.778. The van der Waals surface area contributed by atoms with E-state index in [4.69, 9.17) is 10.5 Å². The molecule has 1 heterocycles. The Bertz CT molecular complexity index is 257. The van der Waals surface area contributed by atoms with Gasteiger partial charge in [-0.3, -0.25) is 9.59 Å². The van der Waals surface area contributed by atoms with E-state index in [0.717, 1.165) is 0 Å². The van der Waals surface area contributed by atoms with Gasteiger partial charge in [-0.05, 0) is 20.8 Å². The molecule has 14 heavy (non-hydrogen) atoms. The second-order valence-corrected chi connectivity index (χ2v) is 4.41. The summed E-state index contributed by atoms with van der Waals surface area (Å²) in [7, 11) is 0. The molecule has 0 aromatic carbocycles. The number of nitrogens with two attached hydrogens (primary N) is 1. The maximum Gasteiger partial charge on any atom is 0.313 e. The van der Waals surface area contributed by atoms with Crippen LogP contribution in [0.5, 0.6) is 0 Å². The van der Waals surface area contributed by atoms with Crippen molar-refractivity contribution in [2.45, 2.75) is 32.4 Å². The van der Waals surface area contributed by atoms with Gasteiger partial charge in [0, 0.05) is 6.54 Å². The molecule has 0 saturated carbocycles. The number of rotatable bonds is 1. The van der Waals surface area contributed by atoms with Gasteiger partial charge in [-0.1, -0.05) is 0 Å². The summed E-state index contributed by atoms with van der Waals surface area (Å²) in [6, 6.07) is -0.773. The molecule has 0 aliphatic carbocycles. The summed E-state index contributed by atoms with van der Waals surface area (Å²) in [6.07, 6.45) is 0. The number of esters is 1. The lowest BCUT2D eigenvalue weighted by molar-refractivity contribution is -0.160. The van der Waals surface area contributed by atoms with Gasteiger partial charge >= 0.3 is 5.97 Å². The Balaban J connectivity index is 2.58. The van der Waals surface area contributed by atoms with Crippen molar-refractivity contribution in [3.8, 4) is 0 Å². The molecule has 0 aromatic rings. The summed E-state index contributed by atoms with van der Waals surface area (Å²) in [6.45, 7) is 5.61. The highest BCUT2D eigenvalue weighted by Crippen LogP contribution is 2.15. The number of hydrogen-bond donors (Lipinski definition) is 2. The predicted molar refractivity (Wildman–Crippen MR) is 50.3 cm³/mol. The zero-order chi connectivity index (χ0) is 10.9. The molecule has 1 aliphatic rings. The van der Waals surface area contributed by atoms with Crippen molar-refractivity contribution < 1.29 is 14.3 Å². The molecule has 0 bridgehead atoms. The van der Waals surface area contributed by atoms with Crippen molar-refractivity contribution in [2.75, 3.05) is 6.54 Å². The molecule has 2 unspecified atom stereocenters. The Kier molecular flexibility index (Phi) is 2.80. The number of hydrogen-bond acceptors (Lipinski definition) is 4. The first-order valence-electron chi connectivity index (χ1n) is 4.57. The highest BCUT2D eigenvalue weighted by Gasteiger charge is 2.39. The summed E-state index contributed by atoms with van der Waals surface area (Å²) >= 11 is 0. The maximum atomic E-state index is 11.5. The summed E-state index contributed by atoms with van der Waals surface area (Å²) < 4.78 is 5.13. The lowest BCUT2D eigenvalue weighted by Crippen LogP contribution is -2.40. The fourth-order valence-electron chi connectivity index (χ4n) is 1.25. The van der Waals surface area contributed by atoms with Crippen molar-refractivity contribution in [3.63, 3.8) is 0 Å². The van der Waals surface area contributed by atoms with Crippen LogP contribution in [0.3, 0.4) is 0 Å². The quantitative estimate of drug-likeness (QED) is 0.554. The second-order valence-electron chi connectivity index (χ2n) is 4.41. The summed E-state index contributed by atoms with van der Waals surface area (Å²) in [5.74, 6) is -1.26. The van der Waals surface area contributed by atoms with Crippen LogP contribution in [0.25, 0.3) is 0 Å². The average Bonchev–Trinajstić information content (AvgIpc) is 2.29. The monoisotopic (exact) mass is 200 g/mol. The number of carbonyl (C=O) groups excluding carboxylic acids is 2. The molecule has 80 valence electrons. The van der Waals surface area contributed by atoms with Crippen LogP contribution in [-0.4, -0.2) is 30.1 Å². The topological polar surface area (TPSA) is 81.4 Å². The zero-order valence-corrected chi connectivity index (χ0v) is 8.66. The second kappa shape index (κ2) is 3.57. The van der Waals surface area contributed by atoms with Gasteiger partial charge in [0.25, 0.3) is 0 Å². The zero-order valence-electron chi connectivity index (χ0n) is 8.66. The van der Waals surface area contributed by atoms with Gasteiger partial charge in [0.2, 0.25) is 5.91 Å². The third-order valence-corrected chi connectivity index (χ3v) is 1.94. The molecule has 1 rings (SSSR count). The van der Waals surface area contributed by atoms with E-state index in [1.165, 1.54) is 0 Å². The van der Waals surface area contributed by atoms with Crippen LogP contribution in [0, 0.1) is 5.92 Å². The van der Waals surface area contributed by atoms with Crippen LogP contribution in [0.4, 0.5) is 0 Å². The molecule has 1 saturated heterocycles. The molecule has 1 amide bonds. The van der Waals surface area contributed by atoms with Crippen molar-refractivity contribution in [1.29, 1.82) is 0 Å². The minimum Gasteiger partial charge on any atom is -0.460 e. The van der Waals surface area contributed by atoms with Crippen LogP contribution < -0.4 is 11.1 Å². The number of nitrogens with one attached hydrogen (secondary N) is 1. The predicted octanol–water partition coefficient (Wildman–Crippen LogP) is -0.599. The molecular formula is C9H16N2O3. The van der Waals surface area contributed by atoms with E-state index < -0.39 is 23.5 Å². The molecule has 0 radical (unpaired) electrons. The van der Waals surface area contributed by atoms with Crippen molar-refractivity contribution in [3.05, 3.63) is 0 Å². The maximum absolute atomic E-state index is 11.5. The normalized spacial score (nSPS) is 27.3. The Morgan fingerprint density at radius 2 is 2.14 bits per heavy atom. The van der Waals surface area contributed by atoms with Gasteiger partial charge in [-0.2, -0.15) is 0 Å². The van der Waals surface area contributed by atoms with E-state index in [2.05, 4.69) is 5.32 Å². The van der Waals surface area contributed by atoms with Crippen LogP contribution >= 0.6 is 0 Å². The number of ether oxygens (including phenoxy) is 1. The highest BCUT2D eigenvalue weighted by atomic mass is 16.6. The molecule has 1 fully saturated rings. The number of carbonyl (C=O) groups is 2. The Labute approximate surface area is 83.0 Å². The van der Waals surface area contributed by atoms with Crippen molar-refractivity contribution in [2.24, 2.45) is 11.7 Å². The van der Waals surface area contributed by atoms with Crippen molar-refractivity contribution in [1.82, 2.24) is 5.32 Å². The summed E-state index contributed by atoms with van der Waals surface area (Å²) in [4.78, 5) is 22.5. The fourth-order valence-corrected chi connectivity index (χ4v) is 1.25. The average molecular weight is 200 g/mol. The van der Waals surface area contributed by atoms with Gasteiger partial charge in [0.1, 0.15) is 5.60 Å². The minimum atomic E-state index is -0.773. The SMILES string of the molecule is CC(C)(C)OC(=O)C1CNC(=O)C1N. The van der Waals surface area contributed by atoms with Gasteiger partial charge in [-0.25, -0.2) is 0 Å². The van der Waals surface area contributed by atoms with Gasteiger partial charge in [0.05, 0.1) is 12.0 Å². The summed E-state index contributed by atoms with van der Waals surface area (Å²) in [5.41, 5.74) is 4.99. The van der Waals surface area contributed by atoms with Crippen LogP contribution in [-0.2, 0) is 14.3 Å². The molecule has 0 aromatic heterocycles. The third kappa shape index (κ3) is 2.45. The number of amides is 1. The largest absolute Gasteiger partial charge is 0.460 e. The van der Waals surface area contributed by atoms with E-state index in [9.17, 15) is 9.59 Å². The lowest BCUT2D eigenvalue weighted by Gasteiger charge is -2.22. The first-order valence-corrected chi connectivity index (χ1v) is 4.57. The van der Waals surface area contributed by atoms with Crippen LogP contribution in [0.1, 0.15) is 20.8 Å². The van der Waals surface area contributed by atoms with E-state index in [1.807, 2.05) is 0 Å². The van der Waals surface area contributed by atoms with E-state index in [-0.39, 0.29) is 12.5 Å². The Morgan fingerprint density at radius 1 is 1.57 bits per heavy atom. The first-order chi connectivity index (χ1) is 6.31.